The first-order chi connectivity index (χ1) is 12.7. The molecule has 0 N–H and O–H groups in total. The quantitative estimate of drug-likeness (QED) is 0.851. The molecular weight excluding hydrogens is 326 g/mol. The molecule has 2 aliphatic rings. The number of rotatable bonds is 3. The fourth-order valence-corrected chi connectivity index (χ4v) is 3.97. The van der Waals surface area contributed by atoms with Gasteiger partial charge in [-0.2, -0.15) is 0 Å². The summed E-state index contributed by atoms with van der Waals surface area (Å²) in [7, 11) is 0. The molecule has 5 heteroatoms. The second-order valence-corrected chi connectivity index (χ2v) is 6.99. The van der Waals surface area contributed by atoms with E-state index < -0.39 is 0 Å². The van der Waals surface area contributed by atoms with Crippen LogP contribution in [-0.4, -0.2) is 34.8 Å². The van der Waals surface area contributed by atoms with E-state index in [1.54, 1.807) is 11.1 Å². The van der Waals surface area contributed by atoms with E-state index in [2.05, 4.69) is 4.98 Å². The standard InChI is InChI=1S/C21H23N3O2/c25-20-7-4-14-23(20)18-10-8-16(9-11-18)21(26)24-13-2-1-6-19(24)17-5-3-12-22-15-17/h3,5,8-12,15,19H,1-2,4,6-7,13-14H2. The van der Waals surface area contributed by atoms with Crippen LogP contribution in [0.1, 0.15) is 54.1 Å². The van der Waals surface area contributed by atoms with Crippen molar-refractivity contribution in [2.75, 3.05) is 18.0 Å². The molecule has 1 aromatic carbocycles. The maximum Gasteiger partial charge on any atom is 0.254 e. The SMILES string of the molecule is O=C1CCCN1c1ccc(C(=O)N2CCCCC2c2cccnc2)cc1. The highest BCUT2D eigenvalue weighted by atomic mass is 16.2. The molecule has 134 valence electrons. The average Bonchev–Trinajstić information content (AvgIpc) is 3.14. The van der Waals surface area contributed by atoms with Crippen LogP contribution < -0.4 is 4.90 Å². The number of benzene rings is 1. The van der Waals surface area contributed by atoms with Gasteiger partial charge in [-0.05, 0) is 61.6 Å². The number of likely N-dealkylation sites (tertiary alicyclic amines) is 1. The minimum absolute atomic E-state index is 0.0536. The number of piperidine rings is 1. The third kappa shape index (κ3) is 3.21. The lowest BCUT2D eigenvalue weighted by Crippen LogP contribution is -2.38. The third-order valence-electron chi connectivity index (χ3n) is 5.33. The summed E-state index contributed by atoms with van der Waals surface area (Å²) in [5.41, 5.74) is 2.66. The zero-order chi connectivity index (χ0) is 17.9. The van der Waals surface area contributed by atoms with Gasteiger partial charge in [0.15, 0.2) is 0 Å². The van der Waals surface area contributed by atoms with E-state index >= 15 is 0 Å². The molecule has 0 aliphatic carbocycles. The second kappa shape index (κ2) is 7.28. The Morgan fingerprint density at radius 1 is 1.04 bits per heavy atom. The van der Waals surface area contributed by atoms with Gasteiger partial charge in [-0.25, -0.2) is 0 Å². The Kier molecular flexibility index (Phi) is 4.69. The Balaban J connectivity index is 1.55. The smallest absolute Gasteiger partial charge is 0.254 e. The molecule has 0 saturated carbocycles. The Morgan fingerprint density at radius 3 is 2.58 bits per heavy atom. The highest BCUT2D eigenvalue weighted by Crippen LogP contribution is 2.32. The maximum atomic E-state index is 13.1. The van der Waals surface area contributed by atoms with E-state index in [9.17, 15) is 9.59 Å². The van der Waals surface area contributed by atoms with Crippen molar-refractivity contribution in [1.82, 2.24) is 9.88 Å². The van der Waals surface area contributed by atoms with E-state index in [0.717, 1.165) is 50.0 Å². The normalized spacial score (nSPS) is 20.5. The van der Waals surface area contributed by atoms with E-state index in [1.807, 2.05) is 47.5 Å². The van der Waals surface area contributed by atoms with Crippen LogP contribution in [0.25, 0.3) is 0 Å². The fourth-order valence-electron chi connectivity index (χ4n) is 3.97. The van der Waals surface area contributed by atoms with E-state index in [4.69, 9.17) is 0 Å². The molecule has 2 aliphatic heterocycles. The number of amides is 2. The highest BCUT2D eigenvalue weighted by molar-refractivity contribution is 5.97. The minimum atomic E-state index is 0.0536. The van der Waals surface area contributed by atoms with E-state index in [-0.39, 0.29) is 17.9 Å². The number of nitrogens with zero attached hydrogens (tertiary/aromatic N) is 3. The monoisotopic (exact) mass is 349 g/mol. The molecule has 2 saturated heterocycles. The Labute approximate surface area is 153 Å². The summed E-state index contributed by atoms with van der Waals surface area (Å²) in [5.74, 6) is 0.217. The zero-order valence-corrected chi connectivity index (χ0v) is 14.8. The molecule has 2 aromatic rings. The molecule has 3 heterocycles. The highest BCUT2D eigenvalue weighted by Gasteiger charge is 2.29. The van der Waals surface area contributed by atoms with Crippen LogP contribution in [0.3, 0.4) is 0 Å². The summed E-state index contributed by atoms with van der Waals surface area (Å²) in [6.07, 6.45) is 8.26. The van der Waals surface area contributed by atoms with Crippen molar-refractivity contribution < 1.29 is 9.59 Å². The van der Waals surface area contributed by atoms with Crippen molar-refractivity contribution in [3.8, 4) is 0 Å². The first-order valence-corrected chi connectivity index (χ1v) is 9.35. The summed E-state index contributed by atoms with van der Waals surface area (Å²) in [6.45, 7) is 1.53. The summed E-state index contributed by atoms with van der Waals surface area (Å²) >= 11 is 0. The first kappa shape index (κ1) is 16.8. The number of pyridine rings is 1. The molecule has 0 radical (unpaired) electrons. The lowest BCUT2D eigenvalue weighted by molar-refractivity contribution is -0.117. The number of aromatic nitrogens is 1. The average molecular weight is 349 g/mol. The molecule has 2 amide bonds. The van der Waals surface area contributed by atoms with Gasteiger partial charge in [0.05, 0.1) is 6.04 Å². The molecule has 0 bridgehead atoms. The van der Waals surface area contributed by atoms with E-state index in [0.29, 0.717) is 12.0 Å². The Morgan fingerprint density at radius 2 is 1.88 bits per heavy atom. The molecule has 1 unspecified atom stereocenters. The van der Waals surface area contributed by atoms with Crippen LogP contribution >= 0.6 is 0 Å². The van der Waals surface area contributed by atoms with Gasteiger partial charge in [0.1, 0.15) is 0 Å². The molecule has 1 atom stereocenters. The Hall–Kier alpha value is -2.69. The maximum absolute atomic E-state index is 13.1. The summed E-state index contributed by atoms with van der Waals surface area (Å²) in [4.78, 5) is 33.0. The van der Waals surface area contributed by atoms with Gasteiger partial charge in [0.25, 0.3) is 5.91 Å². The van der Waals surface area contributed by atoms with Gasteiger partial charge < -0.3 is 9.80 Å². The number of hydrogen-bond donors (Lipinski definition) is 0. The third-order valence-corrected chi connectivity index (χ3v) is 5.33. The van der Waals surface area contributed by atoms with Gasteiger partial charge in [0.2, 0.25) is 5.91 Å². The molecule has 4 rings (SSSR count). The molecule has 2 fully saturated rings. The predicted octanol–water partition coefficient (Wildman–Crippen LogP) is 3.58. The van der Waals surface area contributed by atoms with Crippen LogP contribution in [0, 0.1) is 0 Å². The van der Waals surface area contributed by atoms with E-state index in [1.165, 1.54) is 0 Å². The number of carbonyl (C=O) groups excluding carboxylic acids is 2. The van der Waals surface area contributed by atoms with Crippen molar-refractivity contribution >= 4 is 17.5 Å². The van der Waals surface area contributed by atoms with Crippen molar-refractivity contribution in [1.29, 1.82) is 0 Å². The lowest BCUT2D eigenvalue weighted by Gasteiger charge is -2.36. The van der Waals surface area contributed by atoms with Crippen LogP contribution in [0.15, 0.2) is 48.8 Å². The molecule has 5 nitrogen and oxygen atoms in total. The first-order valence-electron chi connectivity index (χ1n) is 9.35. The zero-order valence-electron chi connectivity index (χ0n) is 14.8. The van der Waals surface area contributed by atoms with Crippen LogP contribution in [0.5, 0.6) is 0 Å². The van der Waals surface area contributed by atoms with Crippen LogP contribution in [-0.2, 0) is 4.79 Å². The van der Waals surface area contributed by atoms with Crippen molar-refractivity contribution in [3.63, 3.8) is 0 Å². The van der Waals surface area contributed by atoms with Crippen LogP contribution in [0.2, 0.25) is 0 Å². The van der Waals surface area contributed by atoms with Crippen molar-refractivity contribution in [3.05, 3.63) is 59.9 Å². The van der Waals surface area contributed by atoms with Gasteiger partial charge in [0, 0.05) is 43.2 Å². The predicted molar refractivity (Wildman–Crippen MR) is 99.9 cm³/mol. The summed E-state index contributed by atoms with van der Waals surface area (Å²) in [5, 5.41) is 0. The van der Waals surface area contributed by atoms with Gasteiger partial charge in [-0.15, -0.1) is 0 Å². The molecular formula is C21H23N3O2. The van der Waals surface area contributed by atoms with Gasteiger partial charge >= 0.3 is 0 Å². The molecule has 1 aromatic heterocycles. The lowest BCUT2D eigenvalue weighted by atomic mass is 9.95. The summed E-state index contributed by atoms with van der Waals surface area (Å²) in [6, 6.07) is 11.5. The number of anilines is 1. The number of hydrogen-bond acceptors (Lipinski definition) is 3. The van der Waals surface area contributed by atoms with Gasteiger partial charge in [-0.3, -0.25) is 14.6 Å². The fraction of sp³-hybridized carbons (Fsp3) is 0.381. The van der Waals surface area contributed by atoms with Crippen molar-refractivity contribution in [2.24, 2.45) is 0 Å². The number of carbonyl (C=O) groups is 2. The summed E-state index contributed by atoms with van der Waals surface area (Å²) < 4.78 is 0. The molecule has 0 spiro atoms. The Bertz CT molecular complexity index is 789. The van der Waals surface area contributed by atoms with Crippen molar-refractivity contribution in [2.45, 2.75) is 38.1 Å². The largest absolute Gasteiger partial charge is 0.332 e. The topological polar surface area (TPSA) is 53.5 Å². The van der Waals surface area contributed by atoms with Crippen LogP contribution in [0.4, 0.5) is 5.69 Å². The minimum Gasteiger partial charge on any atom is -0.332 e. The van der Waals surface area contributed by atoms with Gasteiger partial charge in [-0.1, -0.05) is 6.07 Å². The molecule has 26 heavy (non-hydrogen) atoms. The second-order valence-electron chi connectivity index (χ2n) is 6.99.